The van der Waals surface area contributed by atoms with Crippen LogP contribution in [0.5, 0.6) is 0 Å². The lowest BCUT2D eigenvalue weighted by Crippen LogP contribution is -2.41. The van der Waals surface area contributed by atoms with Gasteiger partial charge in [0.05, 0.1) is 17.6 Å². The van der Waals surface area contributed by atoms with Crippen LogP contribution in [0.15, 0.2) is 6.20 Å². The minimum Gasteiger partial charge on any atom is -0.355 e. The highest BCUT2D eigenvalue weighted by atomic mass is 15.2. The van der Waals surface area contributed by atoms with Gasteiger partial charge in [0.2, 0.25) is 5.65 Å². The van der Waals surface area contributed by atoms with Crippen LogP contribution in [0.4, 0.5) is 5.82 Å². The van der Waals surface area contributed by atoms with Crippen LogP contribution in [0, 0.1) is 25.2 Å². The third-order valence-electron chi connectivity index (χ3n) is 7.07. The molecule has 0 bridgehead atoms. The predicted molar refractivity (Wildman–Crippen MR) is 106 cm³/mol. The van der Waals surface area contributed by atoms with Gasteiger partial charge in [-0.25, -0.2) is 9.97 Å². The Bertz CT molecular complexity index is 958. The maximum Gasteiger partial charge on any atom is 0.202 e. The normalized spacial score (nSPS) is 22.2. The molecule has 1 aliphatic heterocycles. The first-order valence-corrected chi connectivity index (χ1v) is 10.1. The fourth-order valence-corrected chi connectivity index (χ4v) is 5.27. The number of nitrogens with zero attached hydrogens (tertiary/aromatic N) is 5. The summed E-state index contributed by atoms with van der Waals surface area (Å²) in [5.41, 5.74) is 5.94. The summed E-state index contributed by atoms with van der Waals surface area (Å²) in [7, 11) is 0. The van der Waals surface area contributed by atoms with Gasteiger partial charge in [-0.2, -0.15) is 10.2 Å². The Hall–Kier alpha value is -2.44. The Morgan fingerprint density at radius 3 is 2.59 bits per heavy atom. The number of aromatic nitrogens is 6. The number of piperidine rings is 1. The minimum absolute atomic E-state index is 0.573. The number of aryl methyl sites for hydroxylation is 2. The number of rotatable bonds is 2. The summed E-state index contributed by atoms with van der Waals surface area (Å²) in [5.74, 6) is 1.81. The van der Waals surface area contributed by atoms with E-state index in [-0.39, 0.29) is 0 Å². The quantitative estimate of drug-likeness (QED) is 0.722. The molecule has 2 aliphatic rings. The smallest absolute Gasteiger partial charge is 0.202 e. The summed E-state index contributed by atoms with van der Waals surface area (Å²) in [6, 6.07) is 0. The van der Waals surface area contributed by atoms with Crippen molar-refractivity contribution in [3.05, 3.63) is 17.6 Å². The van der Waals surface area contributed by atoms with Gasteiger partial charge in [-0.3, -0.25) is 10.2 Å². The summed E-state index contributed by atoms with van der Waals surface area (Å²) in [6.45, 7) is 8.58. The molecule has 0 unspecified atom stereocenters. The molecule has 1 spiro atoms. The monoisotopic (exact) mass is 365 g/mol. The van der Waals surface area contributed by atoms with Gasteiger partial charge in [-0.05, 0) is 44.4 Å². The number of hydrogen-bond donors (Lipinski definition) is 2. The van der Waals surface area contributed by atoms with Crippen LogP contribution in [0.1, 0.15) is 50.4 Å². The molecule has 142 valence electrons. The molecule has 1 saturated carbocycles. The zero-order valence-corrected chi connectivity index (χ0v) is 16.3. The van der Waals surface area contributed by atoms with Gasteiger partial charge >= 0.3 is 0 Å². The summed E-state index contributed by atoms with van der Waals surface area (Å²) >= 11 is 0. The zero-order chi connectivity index (χ0) is 18.6. The zero-order valence-electron chi connectivity index (χ0n) is 16.3. The van der Waals surface area contributed by atoms with Crippen LogP contribution in [-0.4, -0.2) is 43.5 Å². The van der Waals surface area contributed by atoms with Crippen molar-refractivity contribution in [1.82, 2.24) is 30.4 Å². The molecule has 7 heteroatoms. The number of aromatic amines is 2. The van der Waals surface area contributed by atoms with Crippen molar-refractivity contribution < 1.29 is 0 Å². The number of hydrogen-bond acceptors (Lipinski definition) is 5. The summed E-state index contributed by atoms with van der Waals surface area (Å²) in [5, 5.41) is 14.9. The maximum atomic E-state index is 4.81. The van der Waals surface area contributed by atoms with E-state index in [2.05, 4.69) is 32.2 Å². The second-order valence-corrected chi connectivity index (χ2v) is 8.45. The summed E-state index contributed by atoms with van der Waals surface area (Å²) in [6.07, 6.45) is 8.64. The van der Waals surface area contributed by atoms with E-state index >= 15 is 0 Å². The highest BCUT2D eigenvalue weighted by molar-refractivity contribution is 5.89. The van der Waals surface area contributed by atoms with E-state index in [1.54, 1.807) is 0 Å². The third kappa shape index (κ3) is 2.55. The van der Waals surface area contributed by atoms with E-state index in [0.717, 1.165) is 53.0 Å². The van der Waals surface area contributed by atoms with E-state index in [1.807, 2.05) is 20.0 Å². The molecule has 1 aliphatic carbocycles. The maximum absolute atomic E-state index is 4.81. The van der Waals surface area contributed by atoms with Gasteiger partial charge in [0.1, 0.15) is 11.3 Å². The standard InChI is InChI=1S/C20H27N7/c1-12-5-4-6-20(12)7-9-27(10-8-20)15-11-21-18-17(25-26-19(18)22-15)16-13(2)23-24-14(16)3/h11-12H,4-10H2,1-3H3,(H,23,24)(H,22,25,26)/t12-/m1/s1. The summed E-state index contributed by atoms with van der Waals surface area (Å²) in [4.78, 5) is 11.9. The van der Waals surface area contributed by atoms with Crippen molar-refractivity contribution >= 4 is 17.0 Å². The SMILES string of the molecule is Cc1n[nH]c(C)c1-c1[nH]nc2nc(N3CCC4(CCC[C@H]4C)CC3)cnc12. The van der Waals surface area contributed by atoms with Crippen LogP contribution in [0.2, 0.25) is 0 Å². The van der Waals surface area contributed by atoms with Gasteiger partial charge in [0, 0.05) is 24.3 Å². The molecule has 1 atom stereocenters. The second kappa shape index (κ2) is 6.04. The molecule has 1 saturated heterocycles. The Kier molecular flexibility index (Phi) is 3.74. The molecule has 27 heavy (non-hydrogen) atoms. The van der Waals surface area contributed by atoms with Gasteiger partial charge in [0.15, 0.2) is 0 Å². The van der Waals surface area contributed by atoms with E-state index in [1.165, 1.54) is 32.1 Å². The van der Waals surface area contributed by atoms with Crippen molar-refractivity contribution in [1.29, 1.82) is 0 Å². The Morgan fingerprint density at radius 2 is 1.93 bits per heavy atom. The van der Waals surface area contributed by atoms with Crippen LogP contribution in [-0.2, 0) is 0 Å². The van der Waals surface area contributed by atoms with E-state index < -0.39 is 0 Å². The molecule has 2 N–H and O–H groups in total. The molecule has 4 heterocycles. The van der Waals surface area contributed by atoms with Gasteiger partial charge < -0.3 is 4.90 Å². The predicted octanol–water partition coefficient (Wildman–Crippen LogP) is 3.77. The van der Waals surface area contributed by atoms with Crippen molar-refractivity contribution in [3.8, 4) is 11.3 Å². The molecule has 2 fully saturated rings. The molecular weight excluding hydrogens is 338 g/mol. The average molecular weight is 365 g/mol. The van der Waals surface area contributed by atoms with E-state index in [9.17, 15) is 0 Å². The van der Waals surface area contributed by atoms with Crippen LogP contribution in [0.25, 0.3) is 22.4 Å². The lowest BCUT2D eigenvalue weighted by molar-refractivity contribution is 0.161. The number of fused-ring (bicyclic) bond motifs is 1. The van der Waals surface area contributed by atoms with Gasteiger partial charge in [-0.15, -0.1) is 0 Å². The Morgan fingerprint density at radius 1 is 1.11 bits per heavy atom. The van der Waals surface area contributed by atoms with Crippen molar-refractivity contribution in [2.45, 2.75) is 52.9 Å². The Labute approximate surface area is 159 Å². The first kappa shape index (κ1) is 16.7. The fraction of sp³-hybridized carbons (Fsp3) is 0.600. The Balaban J connectivity index is 1.42. The number of anilines is 1. The molecule has 0 aromatic carbocycles. The third-order valence-corrected chi connectivity index (χ3v) is 7.07. The molecule has 0 radical (unpaired) electrons. The lowest BCUT2D eigenvalue weighted by Gasteiger charge is -2.42. The molecule has 7 nitrogen and oxygen atoms in total. The second-order valence-electron chi connectivity index (χ2n) is 8.45. The first-order chi connectivity index (χ1) is 13.1. The minimum atomic E-state index is 0.573. The average Bonchev–Trinajstić information content (AvgIpc) is 3.34. The van der Waals surface area contributed by atoms with E-state index in [0.29, 0.717) is 11.1 Å². The van der Waals surface area contributed by atoms with Crippen molar-refractivity contribution in [2.75, 3.05) is 18.0 Å². The molecule has 3 aromatic rings. The fourth-order valence-electron chi connectivity index (χ4n) is 5.27. The lowest BCUT2D eigenvalue weighted by atomic mass is 9.71. The van der Waals surface area contributed by atoms with Gasteiger partial charge in [-0.1, -0.05) is 19.8 Å². The van der Waals surface area contributed by atoms with Crippen LogP contribution in [0.3, 0.4) is 0 Å². The van der Waals surface area contributed by atoms with E-state index in [4.69, 9.17) is 9.97 Å². The summed E-state index contributed by atoms with van der Waals surface area (Å²) < 4.78 is 0. The molecule has 3 aromatic heterocycles. The molecule has 5 rings (SSSR count). The van der Waals surface area contributed by atoms with Crippen LogP contribution < -0.4 is 4.90 Å². The molecule has 0 amide bonds. The first-order valence-electron chi connectivity index (χ1n) is 10.1. The van der Waals surface area contributed by atoms with Gasteiger partial charge in [0.25, 0.3) is 0 Å². The largest absolute Gasteiger partial charge is 0.355 e. The topological polar surface area (TPSA) is 86.4 Å². The van der Waals surface area contributed by atoms with Crippen molar-refractivity contribution in [3.63, 3.8) is 0 Å². The number of H-pyrrole nitrogens is 2. The van der Waals surface area contributed by atoms with Crippen molar-refractivity contribution in [2.24, 2.45) is 11.3 Å². The molecular formula is C20H27N7. The highest BCUT2D eigenvalue weighted by Gasteiger charge is 2.42. The highest BCUT2D eigenvalue weighted by Crippen LogP contribution is 2.50. The number of nitrogens with one attached hydrogen (secondary N) is 2. The van der Waals surface area contributed by atoms with Crippen LogP contribution >= 0.6 is 0 Å².